The molecule has 9 heteroatoms. The highest BCUT2D eigenvalue weighted by Crippen LogP contribution is 2.27. The topological polar surface area (TPSA) is 111 Å². The van der Waals surface area contributed by atoms with Crippen molar-refractivity contribution in [3.05, 3.63) is 80.1 Å². The Labute approximate surface area is 190 Å². The molecule has 0 amide bonds. The van der Waals surface area contributed by atoms with Crippen LogP contribution in [0.15, 0.2) is 52.2 Å². The normalized spacial score (nSPS) is 10.9. The van der Waals surface area contributed by atoms with Gasteiger partial charge in [-0.25, -0.2) is 14.3 Å². The number of aryl methyl sites for hydroxylation is 1. The van der Waals surface area contributed by atoms with Crippen LogP contribution in [0.25, 0.3) is 16.7 Å². The van der Waals surface area contributed by atoms with Crippen LogP contribution in [0, 0.1) is 13.8 Å². The van der Waals surface area contributed by atoms with E-state index in [0.717, 1.165) is 21.3 Å². The number of nitrogens with zero attached hydrogens (tertiary/aromatic N) is 3. The molecule has 2 heterocycles. The number of methoxy groups -OCH3 is 2. The Morgan fingerprint density at radius 2 is 1.85 bits per heavy atom. The van der Waals surface area contributed by atoms with Gasteiger partial charge in [-0.3, -0.25) is 9.78 Å². The second-order valence-electron chi connectivity index (χ2n) is 7.61. The van der Waals surface area contributed by atoms with E-state index in [1.165, 1.54) is 6.20 Å². The Morgan fingerprint density at radius 3 is 2.61 bits per heavy atom. The van der Waals surface area contributed by atoms with Crippen LogP contribution in [0.2, 0.25) is 0 Å². The number of H-pyrrole nitrogens is 1. The van der Waals surface area contributed by atoms with Crippen molar-refractivity contribution in [2.24, 2.45) is 0 Å². The Bertz CT molecular complexity index is 1440. The van der Waals surface area contributed by atoms with Gasteiger partial charge in [-0.15, -0.1) is 0 Å². The molecule has 0 spiro atoms. The number of rotatable bonds is 7. The van der Waals surface area contributed by atoms with Gasteiger partial charge < -0.3 is 14.8 Å². The average Bonchev–Trinajstić information content (AvgIpc) is 2.81. The van der Waals surface area contributed by atoms with Crippen LogP contribution in [0.5, 0.6) is 11.5 Å². The number of nitrogens with one attached hydrogen (secondary N) is 2. The third kappa shape index (κ3) is 4.30. The van der Waals surface area contributed by atoms with E-state index in [1.807, 2.05) is 44.2 Å². The first-order chi connectivity index (χ1) is 15.9. The third-order valence-corrected chi connectivity index (χ3v) is 5.61. The van der Waals surface area contributed by atoms with Gasteiger partial charge in [0, 0.05) is 12.7 Å². The van der Waals surface area contributed by atoms with E-state index in [2.05, 4.69) is 20.3 Å². The summed E-state index contributed by atoms with van der Waals surface area (Å²) in [6.07, 6.45) is 2.12. The fourth-order valence-corrected chi connectivity index (χ4v) is 3.64. The smallest absolute Gasteiger partial charge is 0.334 e. The number of aromatic nitrogens is 4. The van der Waals surface area contributed by atoms with Gasteiger partial charge in [0.05, 0.1) is 19.9 Å². The Kier molecular flexibility index (Phi) is 6.12. The molecule has 0 saturated carbocycles. The zero-order valence-corrected chi connectivity index (χ0v) is 18.9. The van der Waals surface area contributed by atoms with Crippen molar-refractivity contribution in [2.75, 3.05) is 26.1 Å². The van der Waals surface area contributed by atoms with E-state index in [-0.39, 0.29) is 11.0 Å². The summed E-state index contributed by atoms with van der Waals surface area (Å²) < 4.78 is 11.7. The SMILES string of the molecule is COc1ccc(CCNc2ncc3c(=O)n(-c4cccc(C)c4C)c(=O)[nH]c3n2)cc1OC. The maximum Gasteiger partial charge on any atom is 0.334 e. The van der Waals surface area contributed by atoms with Crippen LogP contribution in [0.4, 0.5) is 5.95 Å². The second kappa shape index (κ2) is 9.15. The van der Waals surface area contributed by atoms with Gasteiger partial charge in [0.15, 0.2) is 17.1 Å². The molecule has 0 aliphatic carbocycles. The molecule has 0 saturated heterocycles. The maximum atomic E-state index is 13.1. The minimum Gasteiger partial charge on any atom is -0.493 e. The van der Waals surface area contributed by atoms with Gasteiger partial charge in [0.2, 0.25) is 5.95 Å². The first-order valence-electron chi connectivity index (χ1n) is 10.5. The van der Waals surface area contributed by atoms with Crippen molar-refractivity contribution in [2.45, 2.75) is 20.3 Å². The summed E-state index contributed by atoms with van der Waals surface area (Å²) in [7, 11) is 3.19. The molecule has 0 radical (unpaired) electrons. The van der Waals surface area contributed by atoms with E-state index < -0.39 is 11.2 Å². The molecule has 2 aromatic carbocycles. The average molecular weight is 447 g/mol. The van der Waals surface area contributed by atoms with Crippen LogP contribution < -0.4 is 26.0 Å². The molecule has 0 aliphatic rings. The van der Waals surface area contributed by atoms with Crippen molar-refractivity contribution < 1.29 is 9.47 Å². The van der Waals surface area contributed by atoms with Crippen molar-refractivity contribution >= 4 is 17.0 Å². The number of anilines is 1. The van der Waals surface area contributed by atoms with E-state index in [9.17, 15) is 9.59 Å². The molecule has 0 atom stereocenters. The Morgan fingerprint density at radius 1 is 1.06 bits per heavy atom. The molecule has 9 nitrogen and oxygen atoms in total. The lowest BCUT2D eigenvalue weighted by Crippen LogP contribution is -2.34. The number of fused-ring (bicyclic) bond motifs is 1. The number of aromatic amines is 1. The van der Waals surface area contributed by atoms with Crippen LogP contribution >= 0.6 is 0 Å². The van der Waals surface area contributed by atoms with Crippen LogP contribution in [-0.2, 0) is 6.42 Å². The van der Waals surface area contributed by atoms with E-state index >= 15 is 0 Å². The predicted octanol–water partition coefficient (Wildman–Crippen LogP) is 2.76. The quantitative estimate of drug-likeness (QED) is 0.448. The molecule has 170 valence electrons. The zero-order valence-electron chi connectivity index (χ0n) is 18.9. The minimum absolute atomic E-state index is 0.190. The van der Waals surface area contributed by atoms with Crippen LogP contribution in [0.3, 0.4) is 0 Å². The summed E-state index contributed by atoms with van der Waals surface area (Å²) in [6, 6.07) is 11.2. The summed E-state index contributed by atoms with van der Waals surface area (Å²) in [5.41, 5.74) is 2.62. The highest BCUT2D eigenvalue weighted by atomic mass is 16.5. The second-order valence-corrected chi connectivity index (χ2v) is 7.61. The highest BCUT2D eigenvalue weighted by molar-refractivity contribution is 5.73. The lowest BCUT2D eigenvalue weighted by atomic mass is 10.1. The molecule has 0 fully saturated rings. The maximum absolute atomic E-state index is 13.1. The number of benzene rings is 2. The lowest BCUT2D eigenvalue weighted by Gasteiger charge is -2.12. The summed E-state index contributed by atoms with van der Waals surface area (Å²) in [4.78, 5) is 37.1. The lowest BCUT2D eigenvalue weighted by molar-refractivity contribution is 0.354. The standard InChI is InChI=1S/C24H25N5O4/c1-14-6-5-7-18(15(14)2)29-22(30)17-13-26-23(27-21(17)28-24(29)31)25-11-10-16-8-9-19(32-3)20(12-16)33-4/h5-9,12-13H,10-11H2,1-4H3,(H2,25,26,27,28,31). The van der Waals surface area contributed by atoms with E-state index in [4.69, 9.17) is 9.47 Å². The van der Waals surface area contributed by atoms with Gasteiger partial charge in [-0.05, 0) is 55.2 Å². The largest absolute Gasteiger partial charge is 0.493 e. The van der Waals surface area contributed by atoms with Crippen molar-refractivity contribution in [1.82, 2.24) is 19.5 Å². The summed E-state index contributed by atoms with van der Waals surface area (Å²) in [5.74, 6) is 1.65. The van der Waals surface area contributed by atoms with Crippen molar-refractivity contribution in [1.29, 1.82) is 0 Å². The van der Waals surface area contributed by atoms with Gasteiger partial charge in [0.25, 0.3) is 5.56 Å². The molecular formula is C24H25N5O4. The fourth-order valence-electron chi connectivity index (χ4n) is 3.64. The number of hydrogen-bond acceptors (Lipinski definition) is 7. The Balaban J connectivity index is 1.57. The summed E-state index contributed by atoms with van der Waals surface area (Å²) in [6.45, 7) is 4.36. The van der Waals surface area contributed by atoms with Gasteiger partial charge in [-0.2, -0.15) is 4.98 Å². The van der Waals surface area contributed by atoms with E-state index in [0.29, 0.717) is 36.1 Å². The molecule has 0 unspecified atom stereocenters. The first-order valence-corrected chi connectivity index (χ1v) is 10.5. The molecule has 0 bridgehead atoms. The molecular weight excluding hydrogens is 422 g/mol. The van der Waals surface area contributed by atoms with Gasteiger partial charge >= 0.3 is 5.69 Å². The summed E-state index contributed by atoms with van der Waals surface area (Å²) >= 11 is 0. The fraction of sp³-hybridized carbons (Fsp3) is 0.250. The molecule has 4 aromatic rings. The van der Waals surface area contributed by atoms with Crippen LogP contribution in [0.1, 0.15) is 16.7 Å². The minimum atomic E-state index is -0.545. The predicted molar refractivity (Wildman–Crippen MR) is 127 cm³/mol. The van der Waals surface area contributed by atoms with Crippen molar-refractivity contribution in [3.8, 4) is 17.2 Å². The van der Waals surface area contributed by atoms with E-state index in [1.54, 1.807) is 20.3 Å². The van der Waals surface area contributed by atoms with Crippen molar-refractivity contribution in [3.63, 3.8) is 0 Å². The molecule has 2 N–H and O–H groups in total. The van der Waals surface area contributed by atoms with Gasteiger partial charge in [-0.1, -0.05) is 18.2 Å². The zero-order chi connectivity index (χ0) is 23.5. The van der Waals surface area contributed by atoms with Gasteiger partial charge in [0.1, 0.15) is 5.39 Å². The molecule has 0 aliphatic heterocycles. The van der Waals surface area contributed by atoms with Crippen LogP contribution in [-0.4, -0.2) is 40.3 Å². The molecule has 2 aromatic heterocycles. The third-order valence-electron chi connectivity index (χ3n) is 5.61. The first kappa shape index (κ1) is 22.1. The number of ether oxygens (including phenoxy) is 2. The molecule has 33 heavy (non-hydrogen) atoms. The summed E-state index contributed by atoms with van der Waals surface area (Å²) in [5, 5.41) is 3.36. The molecule has 4 rings (SSSR count). The number of hydrogen-bond donors (Lipinski definition) is 2. The monoisotopic (exact) mass is 447 g/mol. The highest BCUT2D eigenvalue weighted by Gasteiger charge is 2.14. The Hall–Kier alpha value is -4.14.